The molecule has 4 nitrogen and oxygen atoms in total. The second-order valence-corrected chi connectivity index (χ2v) is 8.36. The maximum absolute atomic E-state index is 12.6. The first-order valence-electron chi connectivity index (χ1n) is 8.83. The van der Waals surface area contributed by atoms with Crippen molar-refractivity contribution in [2.24, 2.45) is 5.92 Å². The lowest BCUT2D eigenvalue weighted by atomic mass is 9.75. The molecule has 0 unspecified atom stereocenters. The Labute approximate surface area is 153 Å². The molecule has 2 atom stereocenters. The van der Waals surface area contributed by atoms with Crippen molar-refractivity contribution in [2.45, 2.75) is 51.6 Å². The lowest BCUT2D eigenvalue weighted by molar-refractivity contribution is -0.118. The number of aryl methyl sites for hydroxylation is 1. The first kappa shape index (κ1) is 18.1. The topological polar surface area (TPSA) is 51.2 Å². The Bertz CT molecular complexity index is 695. The summed E-state index contributed by atoms with van der Waals surface area (Å²) >= 11 is 1.45. The van der Waals surface area contributed by atoms with Gasteiger partial charge in [-0.2, -0.15) is 0 Å². The van der Waals surface area contributed by atoms with Gasteiger partial charge in [0.15, 0.2) is 5.13 Å². The highest BCUT2D eigenvalue weighted by Crippen LogP contribution is 2.40. The molecule has 1 N–H and O–H groups in total. The number of hydrogen-bond donors (Lipinski definition) is 1. The van der Waals surface area contributed by atoms with Gasteiger partial charge in [0.05, 0.1) is 5.60 Å². The molecule has 25 heavy (non-hydrogen) atoms. The molecule has 0 radical (unpaired) electrons. The number of anilines is 1. The number of ether oxygens (including phenoxy) is 1. The fraction of sp³-hybridized carbons (Fsp3) is 0.500. The number of rotatable bonds is 5. The van der Waals surface area contributed by atoms with E-state index in [1.165, 1.54) is 22.5 Å². The zero-order valence-electron chi connectivity index (χ0n) is 15.1. The van der Waals surface area contributed by atoms with Crippen molar-refractivity contribution in [3.05, 3.63) is 47.0 Å². The maximum atomic E-state index is 12.6. The Morgan fingerprint density at radius 2 is 2.16 bits per heavy atom. The van der Waals surface area contributed by atoms with E-state index in [2.05, 4.69) is 55.3 Å². The van der Waals surface area contributed by atoms with Crippen molar-refractivity contribution in [3.8, 4) is 0 Å². The first-order valence-corrected chi connectivity index (χ1v) is 9.71. The Morgan fingerprint density at radius 3 is 2.80 bits per heavy atom. The highest BCUT2D eigenvalue weighted by atomic mass is 32.1. The molecular weight excluding hydrogens is 332 g/mol. The molecule has 3 rings (SSSR count). The summed E-state index contributed by atoms with van der Waals surface area (Å²) in [6, 6.07) is 8.59. The van der Waals surface area contributed by atoms with E-state index >= 15 is 0 Å². The van der Waals surface area contributed by atoms with Crippen LogP contribution in [0.2, 0.25) is 0 Å². The minimum atomic E-state index is -0.127. The Morgan fingerprint density at radius 1 is 1.40 bits per heavy atom. The van der Waals surface area contributed by atoms with Crippen molar-refractivity contribution in [2.75, 3.05) is 11.9 Å². The molecule has 1 aromatic heterocycles. The summed E-state index contributed by atoms with van der Waals surface area (Å²) in [7, 11) is 0. The number of carbonyl (C=O) groups excluding carboxylic acids is 1. The van der Waals surface area contributed by atoms with E-state index in [9.17, 15) is 4.79 Å². The largest absolute Gasteiger partial charge is 0.376 e. The van der Waals surface area contributed by atoms with Gasteiger partial charge >= 0.3 is 0 Å². The van der Waals surface area contributed by atoms with E-state index in [1.807, 2.05) is 5.38 Å². The van der Waals surface area contributed by atoms with E-state index in [4.69, 9.17) is 4.74 Å². The molecular formula is C20H26N2O2S. The molecule has 1 saturated heterocycles. The Kier molecular flexibility index (Phi) is 5.54. The van der Waals surface area contributed by atoms with Gasteiger partial charge in [-0.25, -0.2) is 4.98 Å². The number of benzene rings is 1. The van der Waals surface area contributed by atoms with E-state index in [-0.39, 0.29) is 17.4 Å². The van der Waals surface area contributed by atoms with Crippen molar-refractivity contribution < 1.29 is 9.53 Å². The van der Waals surface area contributed by atoms with Crippen molar-refractivity contribution >= 4 is 22.4 Å². The van der Waals surface area contributed by atoms with E-state index in [1.54, 1.807) is 6.20 Å². The number of carbonyl (C=O) groups is 1. The predicted molar refractivity (Wildman–Crippen MR) is 102 cm³/mol. The summed E-state index contributed by atoms with van der Waals surface area (Å²) in [5.41, 5.74) is 2.35. The summed E-state index contributed by atoms with van der Waals surface area (Å²) in [5, 5.41) is 5.47. The minimum Gasteiger partial charge on any atom is -0.376 e. The van der Waals surface area contributed by atoms with E-state index in [0.29, 0.717) is 17.5 Å². The van der Waals surface area contributed by atoms with Crippen molar-refractivity contribution in [1.29, 1.82) is 0 Å². The fourth-order valence-electron chi connectivity index (χ4n) is 3.65. The number of thiazole rings is 1. The molecule has 2 heterocycles. The average Bonchev–Trinajstić information content (AvgIpc) is 3.05. The molecule has 2 aromatic rings. The van der Waals surface area contributed by atoms with Gasteiger partial charge in [0, 0.05) is 24.6 Å². The van der Waals surface area contributed by atoms with Crippen LogP contribution >= 0.6 is 11.3 Å². The minimum absolute atomic E-state index is 0.0322. The number of aromatic nitrogens is 1. The third kappa shape index (κ3) is 4.89. The number of nitrogens with zero attached hydrogens (tertiary/aromatic N) is 1. The zero-order chi connectivity index (χ0) is 17.9. The van der Waals surface area contributed by atoms with Gasteiger partial charge in [0.1, 0.15) is 0 Å². The highest BCUT2D eigenvalue weighted by Gasteiger charge is 2.35. The molecule has 1 aromatic carbocycles. The lowest BCUT2D eigenvalue weighted by Gasteiger charge is -2.39. The van der Waals surface area contributed by atoms with Crippen LogP contribution in [0.5, 0.6) is 0 Å². The monoisotopic (exact) mass is 358 g/mol. The molecule has 1 aliphatic heterocycles. The Hall–Kier alpha value is -1.72. The van der Waals surface area contributed by atoms with Crippen LogP contribution in [0.1, 0.15) is 50.2 Å². The second-order valence-electron chi connectivity index (χ2n) is 7.47. The number of amides is 1. The van der Waals surface area contributed by atoms with Gasteiger partial charge in [-0.15, -0.1) is 11.3 Å². The van der Waals surface area contributed by atoms with Crippen LogP contribution in [0, 0.1) is 12.8 Å². The van der Waals surface area contributed by atoms with Crippen LogP contribution in [0.15, 0.2) is 35.8 Å². The summed E-state index contributed by atoms with van der Waals surface area (Å²) in [5.74, 6) is 0.669. The summed E-state index contributed by atoms with van der Waals surface area (Å²) in [6.07, 6.45) is 4.14. The molecule has 1 aliphatic rings. The third-order valence-electron chi connectivity index (χ3n) is 4.89. The average molecular weight is 359 g/mol. The zero-order valence-corrected chi connectivity index (χ0v) is 15.9. The SMILES string of the molecule is Cc1ccc([C@@H](CC(=O)Nc2nccs2)[C@H]2CCOC(C)(C)C2)cc1. The lowest BCUT2D eigenvalue weighted by Crippen LogP contribution is -2.37. The smallest absolute Gasteiger partial charge is 0.226 e. The predicted octanol–water partition coefficient (Wildman–Crippen LogP) is 4.77. The molecule has 0 spiro atoms. The number of hydrogen-bond acceptors (Lipinski definition) is 4. The van der Waals surface area contributed by atoms with Crippen LogP contribution in [-0.4, -0.2) is 23.1 Å². The van der Waals surface area contributed by atoms with Crippen molar-refractivity contribution in [3.63, 3.8) is 0 Å². The normalized spacial score (nSPS) is 20.8. The molecule has 0 saturated carbocycles. The van der Waals surface area contributed by atoms with Gasteiger partial charge in [0.25, 0.3) is 0 Å². The van der Waals surface area contributed by atoms with E-state index in [0.717, 1.165) is 19.4 Å². The van der Waals surface area contributed by atoms with Crippen LogP contribution in [0.25, 0.3) is 0 Å². The van der Waals surface area contributed by atoms with Gasteiger partial charge in [-0.3, -0.25) is 4.79 Å². The Balaban J connectivity index is 1.78. The van der Waals surface area contributed by atoms with Gasteiger partial charge < -0.3 is 10.1 Å². The molecule has 1 fully saturated rings. The quantitative estimate of drug-likeness (QED) is 0.837. The van der Waals surface area contributed by atoms with Crippen molar-refractivity contribution in [1.82, 2.24) is 4.98 Å². The van der Waals surface area contributed by atoms with E-state index < -0.39 is 0 Å². The highest BCUT2D eigenvalue weighted by molar-refractivity contribution is 7.13. The van der Waals surface area contributed by atoms with Gasteiger partial charge in [0.2, 0.25) is 5.91 Å². The first-order chi connectivity index (χ1) is 11.9. The number of nitrogens with one attached hydrogen (secondary N) is 1. The molecule has 134 valence electrons. The fourth-order valence-corrected chi connectivity index (χ4v) is 4.19. The summed E-state index contributed by atoms with van der Waals surface area (Å²) < 4.78 is 5.88. The molecule has 0 aliphatic carbocycles. The van der Waals surface area contributed by atoms with Crippen LogP contribution in [0.4, 0.5) is 5.13 Å². The molecule has 5 heteroatoms. The summed E-state index contributed by atoms with van der Waals surface area (Å²) in [6.45, 7) is 7.13. The third-order valence-corrected chi connectivity index (χ3v) is 5.58. The van der Waals surface area contributed by atoms with Crippen LogP contribution < -0.4 is 5.32 Å². The van der Waals surface area contributed by atoms with Crippen LogP contribution in [0.3, 0.4) is 0 Å². The van der Waals surface area contributed by atoms with Gasteiger partial charge in [-0.05, 0) is 51.0 Å². The standard InChI is InChI=1S/C20H26N2O2S/c1-14-4-6-15(7-5-14)17(16-8-10-24-20(2,3)13-16)12-18(23)22-19-21-9-11-25-19/h4-7,9,11,16-17H,8,10,12-13H2,1-3H3,(H,21,22,23)/t16-,17+/m0/s1. The second kappa shape index (κ2) is 7.67. The molecule has 1 amide bonds. The van der Waals surface area contributed by atoms with Crippen LogP contribution in [-0.2, 0) is 9.53 Å². The maximum Gasteiger partial charge on any atom is 0.226 e. The van der Waals surface area contributed by atoms with Gasteiger partial charge in [-0.1, -0.05) is 29.8 Å². The summed E-state index contributed by atoms with van der Waals surface area (Å²) in [4.78, 5) is 16.7. The molecule has 0 bridgehead atoms.